The number of aliphatic hydroxyl groups excluding tert-OH is 3. The van der Waals surface area contributed by atoms with E-state index in [0.717, 1.165) is 0 Å². The van der Waals surface area contributed by atoms with Crippen LogP contribution in [0.15, 0.2) is 0 Å². The van der Waals surface area contributed by atoms with E-state index in [1.54, 1.807) is 20.8 Å². The van der Waals surface area contributed by atoms with Crippen molar-refractivity contribution < 1.29 is 33.9 Å². The van der Waals surface area contributed by atoms with E-state index in [0.29, 0.717) is 0 Å². The molecule has 0 spiro atoms. The van der Waals surface area contributed by atoms with Crippen LogP contribution in [0.2, 0.25) is 0 Å². The van der Waals surface area contributed by atoms with Crippen molar-refractivity contribution in [2.45, 2.75) is 20.8 Å². The Morgan fingerprint density at radius 2 is 0.727 bits per heavy atom. The van der Waals surface area contributed by atoms with E-state index in [1.165, 1.54) is 0 Å². The van der Waals surface area contributed by atoms with Gasteiger partial charge in [-0.15, -0.1) is 0 Å². The van der Waals surface area contributed by atoms with Crippen LogP contribution in [0.3, 0.4) is 0 Å². The third-order valence-electron chi connectivity index (χ3n) is 0. The number of rotatable bonds is 0. The second-order valence-electron chi connectivity index (χ2n) is 0.949. The van der Waals surface area contributed by atoms with Crippen molar-refractivity contribution in [2.75, 3.05) is 19.8 Å². The minimum absolute atomic E-state index is 0. The minimum Gasteiger partial charge on any atom is -0.397 e. The van der Waals surface area contributed by atoms with E-state index in [4.69, 9.17) is 15.3 Å². The largest absolute Gasteiger partial charge is 0.397 e. The van der Waals surface area contributed by atoms with Crippen LogP contribution in [-0.4, -0.2) is 35.1 Å². The predicted octanol–water partition coefficient (Wildman–Crippen LogP) is 0.444. The van der Waals surface area contributed by atoms with E-state index < -0.39 is 0 Å². The van der Waals surface area contributed by atoms with Crippen LogP contribution in [0.25, 0.3) is 0 Å². The smallest absolute Gasteiger partial charge is 0.0402 e. The zero-order chi connectivity index (χ0) is 8.12. The molecule has 0 aromatic carbocycles. The number of hydrogen-bond acceptors (Lipinski definition) is 3. The molecule has 4 heteroatoms. The van der Waals surface area contributed by atoms with Gasteiger partial charge in [0.05, 0.1) is 0 Å². The summed E-state index contributed by atoms with van der Waals surface area (Å²) in [5.74, 6) is 0. The van der Waals surface area contributed by atoms with E-state index in [2.05, 4.69) is 0 Å². The van der Waals surface area contributed by atoms with Crippen LogP contribution in [0.4, 0.5) is 0 Å². The Hall–Kier alpha value is 0.464. The van der Waals surface area contributed by atoms with Gasteiger partial charge in [-0.05, 0) is 20.8 Å². The summed E-state index contributed by atoms with van der Waals surface area (Å²) in [5, 5.41) is 22.7. The molecule has 1 radical (unpaired) electrons. The van der Waals surface area contributed by atoms with Crippen LogP contribution >= 0.6 is 0 Å². The fraction of sp³-hybridized carbons (Fsp3) is 0.857. The van der Waals surface area contributed by atoms with Gasteiger partial charge in [-0.1, -0.05) is 0 Å². The first kappa shape index (κ1) is 30.0. The Labute approximate surface area is 82.3 Å². The van der Waals surface area contributed by atoms with Crippen molar-refractivity contribution in [1.82, 2.24) is 0 Å². The Bertz CT molecular complexity index is 18.4. The second-order valence-corrected chi connectivity index (χ2v) is 0.949. The van der Waals surface area contributed by atoms with Gasteiger partial charge < -0.3 is 22.7 Å². The molecule has 0 amide bonds. The molecule has 0 aliphatic rings. The zero-order valence-corrected chi connectivity index (χ0v) is 9.31. The first-order valence-electron chi connectivity index (χ1n) is 3.07. The molecule has 0 aliphatic carbocycles. The van der Waals surface area contributed by atoms with Gasteiger partial charge in [-0.3, -0.25) is 0 Å². The van der Waals surface area contributed by atoms with Crippen LogP contribution < -0.4 is 0 Å². The molecule has 11 heavy (non-hydrogen) atoms. The number of hydrogen-bond donors (Lipinski definition) is 3. The first-order chi connectivity index (χ1) is 4.24. The Morgan fingerprint density at radius 3 is 0.727 bits per heavy atom. The molecule has 73 valence electrons. The molecule has 0 rings (SSSR count). The maximum absolute atomic E-state index is 7.57. The molecule has 0 aliphatic heterocycles. The van der Waals surface area contributed by atoms with Gasteiger partial charge in [0.15, 0.2) is 0 Å². The van der Waals surface area contributed by atoms with Crippen LogP contribution in [0, 0.1) is 7.43 Å². The molecule has 0 heterocycles. The molecular formula is C7H21O3V-. The molecule has 0 aromatic heterocycles. The van der Waals surface area contributed by atoms with Gasteiger partial charge in [0, 0.05) is 38.4 Å². The van der Waals surface area contributed by atoms with Crippen LogP contribution in [0.5, 0.6) is 0 Å². The monoisotopic (exact) mass is 204 g/mol. The van der Waals surface area contributed by atoms with E-state index in [9.17, 15) is 0 Å². The summed E-state index contributed by atoms with van der Waals surface area (Å²) in [6.45, 7) is 5.79. The first-order valence-corrected chi connectivity index (χ1v) is 3.07. The average Bonchev–Trinajstić information content (AvgIpc) is 1.70. The van der Waals surface area contributed by atoms with Gasteiger partial charge in [0.25, 0.3) is 0 Å². The normalized spacial score (nSPS) is 4.91. The van der Waals surface area contributed by atoms with E-state index in [1.807, 2.05) is 0 Å². The topological polar surface area (TPSA) is 60.7 Å². The minimum atomic E-state index is 0. The molecule has 3 N–H and O–H groups in total. The summed E-state index contributed by atoms with van der Waals surface area (Å²) >= 11 is 0. The van der Waals surface area contributed by atoms with E-state index >= 15 is 0 Å². The van der Waals surface area contributed by atoms with Gasteiger partial charge in [0.1, 0.15) is 0 Å². The summed E-state index contributed by atoms with van der Waals surface area (Å²) in [7, 11) is 0. The Kier molecular flexibility index (Phi) is 213. The van der Waals surface area contributed by atoms with E-state index in [-0.39, 0.29) is 45.8 Å². The zero-order valence-electron chi connectivity index (χ0n) is 7.91. The summed E-state index contributed by atoms with van der Waals surface area (Å²) in [4.78, 5) is 0. The standard InChI is InChI=1S/3C2H6O.CH3.V/c3*1-2-3;;/h3*3H,2H2,1H3;1H3;/q;;;-1;. The van der Waals surface area contributed by atoms with Crippen molar-refractivity contribution in [1.29, 1.82) is 0 Å². The maximum Gasteiger partial charge on any atom is 0.0402 e. The fourth-order valence-electron chi connectivity index (χ4n) is 0. The van der Waals surface area contributed by atoms with Gasteiger partial charge in [0.2, 0.25) is 0 Å². The Balaban J connectivity index is -0.0000000150. The molecule has 0 fully saturated rings. The molecule has 0 unspecified atom stereocenters. The molecule has 3 nitrogen and oxygen atoms in total. The van der Waals surface area contributed by atoms with Gasteiger partial charge >= 0.3 is 0 Å². The van der Waals surface area contributed by atoms with Crippen molar-refractivity contribution in [2.24, 2.45) is 0 Å². The van der Waals surface area contributed by atoms with Gasteiger partial charge in [-0.25, -0.2) is 0 Å². The number of aliphatic hydroxyl groups is 3. The van der Waals surface area contributed by atoms with Crippen molar-refractivity contribution in [3.8, 4) is 0 Å². The van der Waals surface area contributed by atoms with Gasteiger partial charge in [-0.2, -0.15) is 0 Å². The molecule has 0 aromatic rings. The van der Waals surface area contributed by atoms with Crippen molar-refractivity contribution >= 4 is 0 Å². The summed E-state index contributed by atoms with van der Waals surface area (Å²) in [5.41, 5.74) is 0. The predicted molar refractivity (Wildman–Crippen MR) is 44.7 cm³/mol. The molecule has 0 saturated heterocycles. The fourth-order valence-corrected chi connectivity index (χ4v) is 0. The molecule has 0 atom stereocenters. The van der Waals surface area contributed by atoms with Crippen LogP contribution in [0.1, 0.15) is 20.8 Å². The molecule has 0 bridgehead atoms. The summed E-state index contributed by atoms with van der Waals surface area (Å²) in [6.07, 6.45) is 0. The SMILES string of the molecule is CCO.CCO.CCO.[CH3-].[V]. The third kappa shape index (κ3) is 3480. The summed E-state index contributed by atoms with van der Waals surface area (Å²) < 4.78 is 0. The molecular weight excluding hydrogens is 183 g/mol. The second kappa shape index (κ2) is 78.1. The van der Waals surface area contributed by atoms with Crippen LogP contribution in [-0.2, 0) is 18.6 Å². The molecule has 0 saturated carbocycles. The maximum atomic E-state index is 7.57. The summed E-state index contributed by atoms with van der Waals surface area (Å²) in [6, 6.07) is 0. The van der Waals surface area contributed by atoms with Crippen molar-refractivity contribution in [3.05, 3.63) is 7.43 Å². The Morgan fingerprint density at radius 1 is 0.727 bits per heavy atom. The third-order valence-corrected chi connectivity index (χ3v) is 0. The average molecular weight is 204 g/mol. The quantitative estimate of drug-likeness (QED) is 0.502. The van der Waals surface area contributed by atoms with Crippen molar-refractivity contribution in [3.63, 3.8) is 0 Å².